The van der Waals surface area contributed by atoms with Crippen molar-refractivity contribution in [3.05, 3.63) is 83.6 Å². The molecule has 1 aliphatic heterocycles. The molecule has 2 aromatic carbocycles. The van der Waals surface area contributed by atoms with Crippen LogP contribution in [0.4, 0.5) is 5.82 Å². The lowest BCUT2D eigenvalue weighted by Gasteiger charge is -2.11. The lowest BCUT2D eigenvalue weighted by atomic mass is 10.1. The molecule has 8 nitrogen and oxygen atoms in total. The fourth-order valence-corrected chi connectivity index (χ4v) is 4.27. The Balaban J connectivity index is 1.75. The Morgan fingerprint density at radius 2 is 1.52 bits per heavy atom. The molecule has 0 aliphatic carbocycles. The number of hydrogen-bond donors (Lipinski definition) is 0. The summed E-state index contributed by atoms with van der Waals surface area (Å²) in [6.45, 7) is 0. The molecular formula is C20H11N2O6S-. The molecule has 144 valence electrons. The number of benzene rings is 2. The zero-order valence-electron chi connectivity index (χ0n) is 14.6. The van der Waals surface area contributed by atoms with Crippen LogP contribution in [0.15, 0.2) is 76.7 Å². The summed E-state index contributed by atoms with van der Waals surface area (Å²) in [6, 6.07) is 12.9. The van der Waals surface area contributed by atoms with Crippen LogP contribution < -0.4 is 10.0 Å². The maximum Gasteiger partial charge on any atom is 0.267 e. The number of aromatic carboxylic acids is 1. The Labute approximate surface area is 165 Å². The van der Waals surface area contributed by atoms with Gasteiger partial charge in [0.1, 0.15) is 5.82 Å². The predicted molar refractivity (Wildman–Crippen MR) is 98.0 cm³/mol. The normalized spacial score (nSPS) is 13.4. The lowest BCUT2D eigenvalue weighted by Crippen LogP contribution is -2.30. The number of amides is 2. The summed E-state index contributed by atoms with van der Waals surface area (Å²) in [5.41, 5.74) is -0.135. The summed E-state index contributed by atoms with van der Waals surface area (Å²) in [4.78, 5) is 40.7. The quantitative estimate of drug-likeness (QED) is 0.593. The number of pyridine rings is 1. The third-order valence-corrected chi connectivity index (χ3v) is 6.21. The number of carbonyl (C=O) groups is 3. The van der Waals surface area contributed by atoms with Gasteiger partial charge in [-0.15, -0.1) is 0 Å². The molecule has 0 fully saturated rings. The fraction of sp³-hybridized carbons (Fsp3) is 0. The number of aromatic nitrogens is 1. The number of nitrogens with zero attached hydrogens (tertiary/aromatic N) is 2. The van der Waals surface area contributed by atoms with E-state index in [0.29, 0.717) is 0 Å². The second-order valence-corrected chi connectivity index (χ2v) is 8.11. The lowest BCUT2D eigenvalue weighted by molar-refractivity contribution is -0.255. The molecule has 0 N–H and O–H groups in total. The van der Waals surface area contributed by atoms with Gasteiger partial charge in [-0.05, 0) is 48.0 Å². The molecule has 0 spiro atoms. The van der Waals surface area contributed by atoms with Crippen molar-refractivity contribution in [3.63, 3.8) is 0 Å². The Morgan fingerprint density at radius 3 is 2.14 bits per heavy atom. The Hall–Kier alpha value is -3.85. The predicted octanol–water partition coefficient (Wildman–Crippen LogP) is 1.08. The van der Waals surface area contributed by atoms with Crippen LogP contribution in [0.1, 0.15) is 31.1 Å². The molecule has 29 heavy (non-hydrogen) atoms. The molecule has 1 aromatic heterocycles. The summed E-state index contributed by atoms with van der Waals surface area (Å²) in [5.74, 6) is -2.55. The van der Waals surface area contributed by atoms with Gasteiger partial charge in [0.25, 0.3) is 11.8 Å². The number of anilines is 1. The van der Waals surface area contributed by atoms with Crippen molar-refractivity contribution < 1.29 is 27.9 Å². The number of hydrogen-bond acceptors (Lipinski definition) is 7. The zero-order chi connectivity index (χ0) is 20.8. The summed E-state index contributed by atoms with van der Waals surface area (Å²) in [7, 11) is -4.04. The molecule has 2 heterocycles. The van der Waals surface area contributed by atoms with E-state index in [9.17, 15) is 27.9 Å². The van der Waals surface area contributed by atoms with Gasteiger partial charge in [0, 0.05) is 6.20 Å². The SMILES string of the molecule is O=C([O-])c1ccc(S(=O)(=O)c2ccc3c(c2)C(=O)N(c2ccccn2)C3=O)cc1. The third kappa shape index (κ3) is 2.97. The number of carboxylic acids is 1. The van der Waals surface area contributed by atoms with Crippen LogP contribution in [0.3, 0.4) is 0 Å². The second kappa shape index (κ2) is 6.64. The smallest absolute Gasteiger partial charge is 0.267 e. The highest BCUT2D eigenvalue weighted by molar-refractivity contribution is 7.91. The van der Waals surface area contributed by atoms with Crippen LogP contribution in [0.5, 0.6) is 0 Å². The van der Waals surface area contributed by atoms with Gasteiger partial charge in [0.05, 0.1) is 26.9 Å². The molecule has 1 aliphatic rings. The van der Waals surface area contributed by atoms with E-state index in [1.54, 1.807) is 12.1 Å². The monoisotopic (exact) mass is 407 g/mol. The second-order valence-electron chi connectivity index (χ2n) is 6.16. The van der Waals surface area contributed by atoms with Crippen LogP contribution in [0, 0.1) is 0 Å². The molecule has 0 atom stereocenters. The Bertz CT molecular complexity index is 1270. The Kier molecular flexibility index (Phi) is 4.24. The average Bonchev–Trinajstić information content (AvgIpc) is 2.98. The molecule has 3 aromatic rings. The summed E-state index contributed by atoms with van der Waals surface area (Å²) in [6.07, 6.45) is 1.44. The van der Waals surface area contributed by atoms with Crippen molar-refractivity contribution in [2.75, 3.05) is 4.90 Å². The Morgan fingerprint density at radius 1 is 0.862 bits per heavy atom. The molecule has 0 unspecified atom stereocenters. The number of fused-ring (bicyclic) bond motifs is 1. The van der Waals surface area contributed by atoms with Crippen LogP contribution >= 0.6 is 0 Å². The minimum atomic E-state index is -4.04. The maximum absolute atomic E-state index is 12.9. The standard InChI is InChI=1S/C20H12N2O6S/c23-18-15-9-8-14(29(27,28)13-6-4-12(5-7-13)20(25)26)11-16(15)19(24)22(18)17-3-1-2-10-21-17/h1-11H,(H,25,26)/p-1. The number of carbonyl (C=O) groups excluding carboxylic acids is 3. The molecule has 9 heteroatoms. The first-order valence-electron chi connectivity index (χ1n) is 8.31. The summed E-state index contributed by atoms with van der Waals surface area (Å²) >= 11 is 0. The van der Waals surface area contributed by atoms with Gasteiger partial charge >= 0.3 is 0 Å². The first kappa shape index (κ1) is 18.5. The van der Waals surface area contributed by atoms with Crippen molar-refractivity contribution in [1.82, 2.24) is 4.98 Å². The highest BCUT2D eigenvalue weighted by Crippen LogP contribution is 2.30. The molecular weight excluding hydrogens is 396 g/mol. The van der Waals surface area contributed by atoms with E-state index in [1.807, 2.05) is 0 Å². The van der Waals surface area contributed by atoms with Crippen LogP contribution in [0.25, 0.3) is 0 Å². The average molecular weight is 407 g/mol. The van der Waals surface area contributed by atoms with Gasteiger partial charge in [-0.3, -0.25) is 9.59 Å². The van der Waals surface area contributed by atoms with Crippen molar-refractivity contribution >= 4 is 33.4 Å². The minimum absolute atomic E-state index is 0.0481. The zero-order valence-corrected chi connectivity index (χ0v) is 15.4. The molecule has 0 saturated carbocycles. The third-order valence-electron chi connectivity index (χ3n) is 4.45. The van der Waals surface area contributed by atoms with Gasteiger partial charge in [0.15, 0.2) is 0 Å². The number of sulfone groups is 1. The summed E-state index contributed by atoms with van der Waals surface area (Å²) in [5, 5.41) is 10.8. The highest BCUT2D eigenvalue weighted by atomic mass is 32.2. The van der Waals surface area contributed by atoms with Crippen molar-refractivity contribution in [1.29, 1.82) is 0 Å². The van der Waals surface area contributed by atoms with Gasteiger partial charge < -0.3 is 9.90 Å². The van der Waals surface area contributed by atoms with Crippen LogP contribution in [-0.2, 0) is 9.84 Å². The van der Waals surface area contributed by atoms with Crippen molar-refractivity contribution in [2.45, 2.75) is 9.79 Å². The molecule has 0 radical (unpaired) electrons. The minimum Gasteiger partial charge on any atom is -0.545 e. The first-order valence-corrected chi connectivity index (χ1v) is 9.79. The van der Waals surface area contributed by atoms with Gasteiger partial charge in [-0.1, -0.05) is 18.2 Å². The van der Waals surface area contributed by atoms with Crippen LogP contribution in [0.2, 0.25) is 0 Å². The number of imide groups is 1. The van der Waals surface area contributed by atoms with E-state index in [-0.39, 0.29) is 32.3 Å². The number of rotatable bonds is 4. The van der Waals surface area contributed by atoms with E-state index in [2.05, 4.69) is 4.98 Å². The van der Waals surface area contributed by atoms with E-state index < -0.39 is 27.6 Å². The fourth-order valence-electron chi connectivity index (χ4n) is 2.99. The van der Waals surface area contributed by atoms with E-state index in [0.717, 1.165) is 35.2 Å². The molecule has 4 rings (SSSR count). The first-order chi connectivity index (χ1) is 13.8. The van der Waals surface area contributed by atoms with Crippen molar-refractivity contribution in [2.24, 2.45) is 0 Å². The molecule has 0 saturated heterocycles. The number of carboxylic acid groups (broad SMARTS) is 1. The molecule has 2 amide bonds. The molecule has 0 bridgehead atoms. The highest BCUT2D eigenvalue weighted by Gasteiger charge is 2.38. The maximum atomic E-state index is 12.9. The van der Waals surface area contributed by atoms with E-state index in [1.165, 1.54) is 24.4 Å². The van der Waals surface area contributed by atoms with Gasteiger partial charge in [-0.2, -0.15) is 0 Å². The largest absolute Gasteiger partial charge is 0.545 e. The van der Waals surface area contributed by atoms with Gasteiger partial charge in [0.2, 0.25) is 9.84 Å². The summed E-state index contributed by atoms with van der Waals surface area (Å²) < 4.78 is 25.7. The topological polar surface area (TPSA) is 125 Å². The van der Waals surface area contributed by atoms with E-state index >= 15 is 0 Å². The van der Waals surface area contributed by atoms with Crippen LogP contribution in [-0.4, -0.2) is 31.2 Å². The van der Waals surface area contributed by atoms with E-state index in [4.69, 9.17) is 0 Å². The van der Waals surface area contributed by atoms with Crippen molar-refractivity contribution in [3.8, 4) is 0 Å². The van der Waals surface area contributed by atoms with Gasteiger partial charge in [-0.25, -0.2) is 18.3 Å².